The molecule has 1 aliphatic heterocycles. The zero-order valence-corrected chi connectivity index (χ0v) is 16.3. The van der Waals surface area contributed by atoms with Crippen LogP contribution in [0.5, 0.6) is 0 Å². The molecule has 2 aromatic heterocycles. The van der Waals surface area contributed by atoms with Gasteiger partial charge in [-0.05, 0) is 49.4 Å². The predicted molar refractivity (Wildman–Crippen MR) is 108 cm³/mol. The Hall–Kier alpha value is -2.93. The van der Waals surface area contributed by atoms with Crippen molar-refractivity contribution in [3.05, 3.63) is 59.6 Å². The summed E-state index contributed by atoms with van der Waals surface area (Å²) in [4.78, 5) is 27.4. The van der Waals surface area contributed by atoms with Crippen molar-refractivity contribution in [2.45, 2.75) is 25.8 Å². The number of carbonyl (C=O) groups is 2. The third kappa shape index (κ3) is 3.33. The number of aromatic nitrogens is 2. The number of hydrogen-bond acceptors (Lipinski definition) is 4. The van der Waals surface area contributed by atoms with Crippen molar-refractivity contribution >= 4 is 23.2 Å². The van der Waals surface area contributed by atoms with Crippen molar-refractivity contribution in [3.63, 3.8) is 0 Å². The Morgan fingerprint density at radius 1 is 1.18 bits per heavy atom. The van der Waals surface area contributed by atoms with Gasteiger partial charge in [0.15, 0.2) is 5.69 Å². The Kier molecular flexibility index (Phi) is 5.00. The maximum Gasteiger partial charge on any atom is 0.308 e. The van der Waals surface area contributed by atoms with Gasteiger partial charge in [-0.15, -0.1) is 11.3 Å². The van der Waals surface area contributed by atoms with Crippen molar-refractivity contribution in [1.82, 2.24) is 14.7 Å². The molecule has 4 rings (SSSR count). The van der Waals surface area contributed by atoms with Gasteiger partial charge in [-0.3, -0.25) is 9.59 Å². The van der Waals surface area contributed by atoms with E-state index in [1.807, 2.05) is 54.8 Å². The molecule has 7 heteroatoms. The number of aliphatic carboxylic acids is 1. The summed E-state index contributed by atoms with van der Waals surface area (Å²) >= 11 is 1.59. The number of hydrogen-bond donors (Lipinski definition) is 1. The van der Waals surface area contributed by atoms with Crippen LogP contribution in [0.3, 0.4) is 0 Å². The quantitative estimate of drug-likeness (QED) is 0.726. The number of likely N-dealkylation sites (tertiary alicyclic amines) is 1. The van der Waals surface area contributed by atoms with E-state index in [9.17, 15) is 14.7 Å². The molecule has 1 aromatic carbocycles. The summed E-state index contributed by atoms with van der Waals surface area (Å²) in [5.41, 5.74) is 2.06. The van der Waals surface area contributed by atoms with Crippen LogP contribution in [-0.4, -0.2) is 44.3 Å². The smallest absolute Gasteiger partial charge is 0.308 e. The molecule has 6 nitrogen and oxygen atoms in total. The molecule has 1 amide bonds. The van der Waals surface area contributed by atoms with Crippen molar-refractivity contribution in [1.29, 1.82) is 0 Å². The number of carboxylic acids is 1. The molecule has 0 bridgehead atoms. The largest absolute Gasteiger partial charge is 0.481 e. The van der Waals surface area contributed by atoms with E-state index in [-0.39, 0.29) is 11.9 Å². The lowest BCUT2D eigenvalue weighted by Gasteiger charge is -2.37. The van der Waals surface area contributed by atoms with E-state index in [2.05, 4.69) is 5.10 Å². The monoisotopic (exact) mass is 395 g/mol. The lowest BCUT2D eigenvalue weighted by atomic mass is 9.90. The maximum absolute atomic E-state index is 13.2. The fraction of sp³-hybridized carbons (Fsp3) is 0.286. The van der Waals surface area contributed by atoms with Crippen molar-refractivity contribution in [2.24, 2.45) is 5.92 Å². The average Bonchev–Trinajstić information content (AvgIpc) is 3.38. The van der Waals surface area contributed by atoms with Crippen LogP contribution in [0.15, 0.2) is 53.9 Å². The first-order valence-electron chi connectivity index (χ1n) is 9.29. The molecular formula is C21H21N3O3S. The molecule has 1 fully saturated rings. The highest BCUT2D eigenvalue weighted by Gasteiger charge is 2.36. The first kappa shape index (κ1) is 18.4. The van der Waals surface area contributed by atoms with Gasteiger partial charge in [0.05, 0.1) is 22.2 Å². The Labute approximate surface area is 167 Å². The minimum Gasteiger partial charge on any atom is -0.481 e. The van der Waals surface area contributed by atoms with Crippen LogP contribution in [0.4, 0.5) is 0 Å². The number of nitrogens with zero attached hydrogens (tertiary/aromatic N) is 3. The maximum atomic E-state index is 13.2. The number of carboxylic acid groups (broad SMARTS) is 1. The van der Waals surface area contributed by atoms with E-state index >= 15 is 0 Å². The molecule has 0 radical (unpaired) electrons. The Morgan fingerprint density at radius 2 is 1.96 bits per heavy atom. The fourth-order valence-electron chi connectivity index (χ4n) is 3.76. The number of piperidine rings is 1. The molecule has 28 heavy (non-hydrogen) atoms. The van der Waals surface area contributed by atoms with E-state index in [0.29, 0.717) is 25.1 Å². The van der Waals surface area contributed by atoms with Crippen LogP contribution in [-0.2, 0) is 4.79 Å². The van der Waals surface area contributed by atoms with Gasteiger partial charge in [0, 0.05) is 12.6 Å². The lowest BCUT2D eigenvalue weighted by molar-refractivity contribution is -0.144. The topological polar surface area (TPSA) is 75.4 Å². The highest BCUT2D eigenvalue weighted by Crippen LogP contribution is 2.30. The van der Waals surface area contributed by atoms with E-state index in [4.69, 9.17) is 0 Å². The van der Waals surface area contributed by atoms with Gasteiger partial charge in [0.25, 0.3) is 5.91 Å². The van der Waals surface area contributed by atoms with Crippen LogP contribution in [0.25, 0.3) is 16.3 Å². The molecule has 3 heterocycles. The third-order valence-electron chi connectivity index (χ3n) is 5.27. The lowest BCUT2D eigenvalue weighted by Crippen LogP contribution is -2.49. The Balaban J connectivity index is 1.72. The molecule has 0 unspecified atom stereocenters. The molecule has 2 atom stereocenters. The molecule has 3 aromatic rings. The number of rotatable bonds is 4. The molecule has 144 valence electrons. The molecular weight excluding hydrogens is 374 g/mol. The summed E-state index contributed by atoms with van der Waals surface area (Å²) in [5.74, 6) is -1.60. The van der Waals surface area contributed by atoms with Gasteiger partial charge < -0.3 is 10.0 Å². The van der Waals surface area contributed by atoms with Gasteiger partial charge in [0.2, 0.25) is 0 Å². The summed E-state index contributed by atoms with van der Waals surface area (Å²) < 4.78 is 1.78. The molecule has 0 aliphatic carbocycles. The van der Waals surface area contributed by atoms with Crippen molar-refractivity contribution in [2.75, 3.05) is 6.54 Å². The zero-order valence-electron chi connectivity index (χ0n) is 15.5. The molecule has 1 N–H and O–H groups in total. The number of para-hydroxylation sites is 1. The van der Waals surface area contributed by atoms with Crippen LogP contribution in [0.2, 0.25) is 0 Å². The van der Waals surface area contributed by atoms with Crippen molar-refractivity contribution in [3.8, 4) is 16.3 Å². The van der Waals surface area contributed by atoms with Crippen LogP contribution >= 0.6 is 11.3 Å². The van der Waals surface area contributed by atoms with Gasteiger partial charge in [-0.25, -0.2) is 4.68 Å². The summed E-state index contributed by atoms with van der Waals surface area (Å²) in [6.45, 7) is 2.36. The SMILES string of the molecule is C[C@@H]1[C@H](C(=O)O)CCCN1C(=O)c1cc(-c2cccs2)n(-c2ccccc2)n1. The van der Waals surface area contributed by atoms with Crippen LogP contribution < -0.4 is 0 Å². The minimum atomic E-state index is -0.848. The van der Waals surface area contributed by atoms with Gasteiger partial charge in [-0.2, -0.15) is 5.10 Å². The van der Waals surface area contributed by atoms with Gasteiger partial charge in [0.1, 0.15) is 0 Å². The third-order valence-corrected chi connectivity index (χ3v) is 6.16. The Bertz CT molecular complexity index is 982. The molecule has 1 aliphatic rings. The average molecular weight is 395 g/mol. The zero-order chi connectivity index (χ0) is 19.7. The number of benzene rings is 1. The normalized spacial score (nSPS) is 19.5. The van der Waals surface area contributed by atoms with Crippen molar-refractivity contribution < 1.29 is 14.7 Å². The highest BCUT2D eigenvalue weighted by molar-refractivity contribution is 7.13. The highest BCUT2D eigenvalue weighted by atomic mass is 32.1. The van der Waals surface area contributed by atoms with E-state index in [1.54, 1.807) is 27.0 Å². The van der Waals surface area contributed by atoms with E-state index < -0.39 is 11.9 Å². The first-order valence-corrected chi connectivity index (χ1v) is 10.2. The summed E-state index contributed by atoms with van der Waals surface area (Å²) in [5, 5.41) is 16.0. The number of amides is 1. The summed E-state index contributed by atoms with van der Waals surface area (Å²) in [6, 6.07) is 15.1. The molecule has 0 saturated carbocycles. The van der Waals surface area contributed by atoms with Gasteiger partial charge in [-0.1, -0.05) is 24.3 Å². The fourth-order valence-corrected chi connectivity index (χ4v) is 4.49. The Morgan fingerprint density at radius 3 is 2.64 bits per heavy atom. The predicted octanol–water partition coefficient (Wildman–Crippen LogP) is 3.93. The summed E-state index contributed by atoms with van der Waals surface area (Å²) in [7, 11) is 0. The summed E-state index contributed by atoms with van der Waals surface area (Å²) in [6.07, 6.45) is 1.28. The second-order valence-electron chi connectivity index (χ2n) is 6.97. The molecule has 0 spiro atoms. The second kappa shape index (κ2) is 7.59. The molecule has 1 saturated heterocycles. The number of thiophene rings is 1. The van der Waals surface area contributed by atoms with Crippen LogP contribution in [0, 0.1) is 5.92 Å². The van der Waals surface area contributed by atoms with E-state index in [0.717, 1.165) is 16.3 Å². The first-order chi connectivity index (χ1) is 13.6. The van der Waals surface area contributed by atoms with E-state index in [1.165, 1.54) is 0 Å². The minimum absolute atomic E-state index is 0.217. The second-order valence-corrected chi connectivity index (χ2v) is 7.91. The van der Waals surface area contributed by atoms with Gasteiger partial charge >= 0.3 is 5.97 Å². The number of carbonyl (C=O) groups excluding carboxylic acids is 1. The standard InChI is InChI=1S/C21H21N3O3S/c1-14-16(21(26)27)9-5-11-23(14)20(25)17-13-18(19-10-6-12-28-19)24(22-17)15-7-3-2-4-8-15/h2-4,6-8,10,12-14,16H,5,9,11H2,1H3,(H,26,27)/t14-,16-/m1/s1. The van der Waals surface area contributed by atoms with Crippen LogP contribution in [0.1, 0.15) is 30.3 Å².